The van der Waals surface area contributed by atoms with Gasteiger partial charge >= 0.3 is 0 Å². The van der Waals surface area contributed by atoms with Crippen LogP contribution in [0.2, 0.25) is 0 Å². The Hall–Kier alpha value is -0.870. The van der Waals surface area contributed by atoms with Gasteiger partial charge in [-0.1, -0.05) is 18.9 Å². The fourth-order valence-electron chi connectivity index (χ4n) is 2.66. The molecular weight excluding hydrogens is 246 g/mol. The lowest BCUT2D eigenvalue weighted by molar-refractivity contribution is -0.134. The number of nitrogens with zero attached hydrogens (tertiary/aromatic N) is 1. The van der Waals surface area contributed by atoms with Crippen LogP contribution in [-0.2, 0) is 11.2 Å². The van der Waals surface area contributed by atoms with E-state index in [4.69, 9.17) is 5.11 Å². The summed E-state index contributed by atoms with van der Waals surface area (Å²) >= 11 is 1.70. The Balaban J connectivity index is 1.86. The normalized spacial score (nSPS) is 16.1. The van der Waals surface area contributed by atoms with Crippen LogP contribution >= 0.6 is 11.3 Å². The lowest BCUT2D eigenvalue weighted by Gasteiger charge is -2.28. The molecule has 1 aliphatic carbocycles. The molecule has 1 aromatic rings. The highest BCUT2D eigenvalue weighted by Crippen LogP contribution is 2.24. The van der Waals surface area contributed by atoms with E-state index in [1.165, 1.54) is 17.7 Å². The summed E-state index contributed by atoms with van der Waals surface area (Å²) < 4.78 is 0. The van der Waals surface area contributed by atoms with Crippen LogP contribution < -0.4 is 0 Å². The van der Waals surface area contributed by atoms with Gasteiger partial charge < -0.3 is 10.0 Å². The molecule has 0 radical (unpaired) electrons. The van der Waals surface area contributed by atoms with Crippen molar-refractivity contribution in [2.45, 2.75) is 44.6 Å². The first kappa shape index (κ1) is 13.6. The molecule has 1 fully saturated rings. The van der Waals surface area contributed by atoms with Gasteiger partial charge in [0.25, 0.3) is 0 Å². The van der Waals surface area contributed by atoms with Crippen molar-refractivity contribution < 1.29 is 9.90 Å². The largest absolute Gasteiger partial charge is 0.395 e. The van der Waals surface area contributed by atoms with E-state index < -0.39 is 0 Å². The van der Waals surface area contributed by atoms with Crippen LogP contribution in [0.5, 0.6) is 0 Å². The standard InChI is InChI=1S/C14H21NO2S/c16-10-9-15(12-4-1-2-5-12)14(17)8-7-13-6-3-11-18-13/h3,6,11-12,16H,1-2,4-5,7-10H2. The van der Waals surface area contributed by atoms with E-state index >= 15 is 0 Å². The summed E-state index contributed by atoms with van der Waals surface area (Å²) in [5.41, 5.74) is 0. The van der Waals surface area contributed by atoms with Gasteiger partial charge in [0.05, 0.1) is 6.61 Å². The van der Waals surface area contributed by atoms with Gasteiger partial charge in [0.15, 0.2) is 0 Å². The van der Waals surface area contributed by atoms with Crippen molar-refractivity contribution in [1.29, 1.82) is 0 Å². The zero-order chi connectivity index (χ0) is 12.8. The lowest BCUT2D eigenvalue weighted by atomic mass is 10.1. The predicted molar refractivity (Wildman–Crippen MR) is 73.7 cm³/mol. The number of carbonyl (C=O) groups excluding carboxylic acids is 1. The van der Waals surface area contributed by atoms with E-state index in [2.05, 4.69) is 6.07 Å². The van der Waals surface area contributed by atoms with Crippen LogP contribution in [0, 0.1) is 0 Å². The smallest absolute Gasteiger partial charge is 0.223 e. The molecule has 0 saturated heterocycles. The van der Waals surface area contributed by atoms with Gasteiger partial charge in [-0.2, -0.15) is 0 Å². The van der Waals surface area contributed by atoms with Gasteiger partial charge in [0.2, 0.25) is 5.91 Å². The van der Waals surface area contributed by atoms with Crippen molar-refractivity contribution in [1.82, 2.24) is 4.90 Å². The molecule has 18 heavy (non-hydrogen) atoms. The van der Waals surface area contributed by atoms with Crippen molar-refractivity contribution in [3.8, 4) is 0 Å². The van der Waals surface area contributed by atoms with Gasteiger partial charge in [-0.05, 0) is 30.7 Å². The summed E-state index contributed by atoms with van der Waals surface area (Å²) in [6.45, 7) is 0.565. The molecular formula is C14H21NO2S. The molecule has 1 N–H and O–H groups in total. The third-order valence-corrected chi connectivity index (χ3v) is 4.53. The SMILES string of the molecule is O=C(CCc1cccs1)N(CCO)C1CCCC1. The highest BCUT2D eigenvalue weighted by molar-refractivity contribution is 7.09. The van der Waals surface area contributed by atoms with E-state index in [1.54, 1.807) is 11.3 Å². The van der Waals surface area contributed by atoms with Crippen molar-refractivity contribution in [2.24, 2.45) is 0 Å². The second-order valence-corrected chi connectivity index (χ2v) is 5.86. The minimum Gasteiger partial charge on any atom is -0.395 e. The monoisotopic (exact) mass is 267 g/mol. The van der Waals surface area contributed by atoms with Crippen molar-refractivity contribution in [3.63, 3.8) is 0 Å². The Labute approximate surface area is 112 Å². The van der Waals surface area contributed by atoms with Crippen LogP contribution in [0.3, 0.4) is 0 Å². The molecule has 0 aliphatic heterocycles. The maximum atomic E-state index is 12.2. The van der Waals surface area contributed by atoms with E-state index in [9.17, 15) is 4.79 Å². The number of aryl methyl sites for hydroxylation is 1. The summed E-state index contributed by atoms with van der Waals surface area (Å²) in [4.78, 5) is 15.4. The molecule has 1 aliphatic rings. The molecule has 100 valence electrons. The van der Waals surface area contributed by atoms with Gasteiger partial charge in [-0.3, -0.25) is 4.79 Å². The quantitative estimate of drug-likeness (QED) is 0.860. The molecule has 0 spiro atoms. The topological polar surface area (TPSA) is 40.5 Å². The average Bonchev–Trinajstić information content (AvgIpc) is 3.05. The molecule has 3 nitrogen and oxygen atoms in total. The minimum atomic E-state index is 0.0707. The summed E-state index contributed by atoms with van der Waals surface area (Å²) in [7, 11) is 0. The van der Waals surface area contributed by atoms with Crippen LogP contribution in [0.4, 0.5) is 0 Å². The molecule has 1 heterocycles. The first-order valence-electron chi connectivity index (χ1n) is 6.74. The highest BCUT2D eigenvalue weighted by atomic mass is 32.1. The second-order valence-electron chi connectivity index (χ2n) is 4.83. The molecule has 4 heteroatoms. The van der Waals surface area contributed by atoms with E-state index in [-0.39, 0.29) is 12.5 Å². The van der Waals surface area contributed by atoms with Gasteiger partial charge in [-0.15, -0.1) is 11.3 Å². The molecule has 0 aromatic carbocycles. The fourth-order valence-corrected chi connectivity index (χ4v) is 3.37. The van der Waals surface area contributed by atoms with Crippen LogP contribution in [0.15, 0.2) is 17.5 Å². The van der Waals surface area contributed by atoms with Gasteiger partial charge in [-0.25, -0.2) is 0 Å². The van der Waals surface area contributed by atoms with E-state index in [1.807, 2.05) is 16.3 Å². The molecule has 1 saturated carbocycles. The molecule has 0 bridgehead atoms. The second kappa shape index (κ2) is 6.90. The summed E-state index contributed by atoms with van der Waals surface area (Å²) in [5.74, 6) is 0.198. The molecule has 2 rings (SSSR count). The minimum absolute atomic E-state index is 0.0707. The number of hydrogen-bond donors (Lipinski definition) is 1. The summed E-state index contributed by atoms with van der Waals surface area (Å²) in [5, 5.41) is 11.2. The van der Waals surface area contributed by atoms with E-state index in [0.29, 0.717) is 19.0 Å². The Morgan fingerprint density at radius 2 is 2.22 bits per heavy atom. The Kier molecular flexibility index (Phi) is 5.20. The Morgan fingerprint density at radius 1 is 1.44 bits per heavy atom. The maximum absolute atomic E-state index is 12.2. The summed E-state index contributed by atoms with van der Waals surface area (Å²) in [6.07, 6.45) is 6.02. The number of aliphatic hydroxyl groups is 1. The Morgan fingerprint density at radius 3 is 2.83 bits per heavy atom. The zero-order valence-corrected chi connectivity index (χ0v) is 11.5. The van der Waals surface area contributed by atoms with Crippen molar-refractivity contribution in [3.05, 3.63) is 22.4 Å². The zero-order valence-electron chi connectivity index (χ0n) is 10.7. The first-order valence-corrected chi connectivity index (χ1v) is 7.62. The van der Waals surface area contributed by atoms with E-state index in [0.717, 1.165) is 19.3 Å². The fraction of sp³-hybridized carbons (Fsp3) is 0.643. The van der Waals surface area contributed by atoms with Gasteiger partial charge in [0.1, 0.15) is 0 Å². The van der Waals surface area contributed by atoms with Crippen LogP contribution in [-0.4, -0.2) is 35.1 Å². The first-order chi connectivity index (χ1) is 8.81. The molecule has 0 unspecified atom stereocenters. The van der Waals surface area contributed by atoms with Gasteiger partial charge in [0, 0.05) is 23.9 Å². The number of rotatable bonds is 6. The molecule has 1 aromatic heterocycles. The number of thiophene rings is 1. The summed E-state index contributed by atoms with van der Waals surface area (Å²) in [6, 6.07) is 4.46. The number of amides is 1. The maximum Gasteiger partial charge on any atom is 0.223 e. The van der Waals surface area contributed by atoms with Crippen LogP contribution in [0.1, 0.15) is 37.0 Å². The number of hydrogen-bond acceptors (Lipinski definition) is 3. The predicted octanol–water partition coefficient (Wildman–Crippen LogP) is 2.44. The van der Waals surface area contributed by atoms with Crippen LogP contribution in [0.25, 0.3) is 0 Å². The third kappa shape index (κ3) is 3.56. The Bertz CT molecular complexity index is 358. The third-order valence-electron chi connectivity index (χ3n) is 3.59. The number of carbonyl (C=O) groups is 1. The lowest BCUT2D eigenvalue weighted by Crippen LogP contribution is -2.40. The highest BCUT2D eigenvalue weighted by Gasteiger charge is 2.25. The average molecular weight is 267 g/mol. The van der Waals surface area contributed by atoms with Crippen molar-refractivity contribution >= 4 is 17.2 Å². The molecule has 0 atom stereocenters. The van der Waals surface area contributed by atoms with Crippen molar-refractivity contribution in [2.75, 3.05) is 13.2 Å². The number of aliphatic hydroxyl groups excluding tert-OH is 1. The molecule has 1 amide bonds.